The standard InChI is InChI=1S/C12H23NO2.H2S/c1-9(2)10-7-6-8-13(10)11(14)15-12(3,4)5;/h9-10H,6-8H2,1-5H3;1H2. The van der Waals surface area contributed by atoms with Gasteiger partial charge in [-0.15, -0.1) is 0 Å². The van der Waals surface area contributed by atoms with E-state index < -0.39 is 0 Å². The van der Waals surface area contributed by atoms with Crippen LogP contribution in [0.1, 0.15) is 47.5 Å². The molecule has 3 nitrogen and oxygen atoms in total. The predicted molar refractivity (Wildman–Crippen MR) is 71.2 cm³/mol. The third kappa shape index (κ3) is 4.24. The molecular formula is C12H25NO2S. The molecule has 96 valence electrons. The number of amides is 1. The van der Waals surface area contributed by atoms with Crippen molar-refractivity contribution in [1.82, 2.24) is 4.90 Å². The van der Waals surface area contributed by atoms with Gasteiger partial charge >= 0.3 is 6.09 Å². The minimum Gasteiger partial charge on any atom is -0.444 e. The lowest BCUT2D eigenvalue weighted by Gasteiger charge is -2.30. The number of carbonyl (C=O) groups excluding carboxylic acids is 1. The Labute approximate surface area is 106 Å². The van der Waals surface area contributed by atoms with E-state index in [0.29, 0.717) is 12.0 Å². The molecule has 0 aromatic rings. The third-order valence-corrected chi connectivity index (χ3v) is 2.70. The Kier molecular flexibility index (Phi) is 5.66. The number of likely N-dealkylation sites (tertiary alicyclic amines) is 1. The van der Waals surface area contributed by atoms with Crippen molar-refractivity contribution in [2.45, 2.75) is 59.1 Å². The smallest absolute Gasteiger partial charge is 0.410 e. The fourth-order valence-corrected chi connectivity index (χ4v) is 2.03. The molecule has 1 saturated heterocycles. The molecule has 1 unspecified atom stereocenters. The first-order valence-electron chi connectivity index (χ1n) is 5.81. The summed E-state index contributed by atoms with van der Waals surface area (Å²) >= 11 is 0. The van der Waals surface area contributed by atoms with E-state index in [1.54, 1.807) is 0 Å². The second-order valence-corrected chi connectivity index (χ2v) is 5.63. The Balaban J connectivity index is 0.00000225. The molecule has 1 atom stereocenters. The molecule has 0 bridgehead atoms. The monoisotopic (exact) mass is 247 g/mol. The van der Waals surface area contributed by atoms with Crippen LogP contribution >= 0.6 is 13.5 Å². The van der Waals surface area contributed by atoms with Crippen molar-refractivity contribution in [3.63, 3.8) is 0 Å². The van der Waals surface area contributed by atoms with Gasteiger partial charge in [-0.25, -0.2) is 4.79 Å². The van der Waals surface area contributed by atoms with Gasteiger partial charge in [-0.3, -0.25) is 0 Å². The number of rotatable bonds is 1. The predicted octanol–water partition coefficient (Wildman–Crippen LogP) is 3.15. The molecule has 0 aliphatic carbocycles. The van der Waals surface area contributed by atoms with Gasteiger partial charge in [0.15, 0.2) is 0 Å². The second-order valence-electron chi connectivity index (χ2n) is 5.63. The van der Waals surface area contributed by atoms with Gasteiger partial charge in [-0.2, -0.15) is 13.5 Å². The summed E-state index contributed by atoms with van der Waals surface area (Å²) < 4.78 is 5.39. The fourth-order valence-electron chi connectivity index (χ4n) is 2.03. The molecule has 1 amide bonds. The van der Waals surface area contributed by atoms with Crippen molar-refractivity contribution in [1.29, 1.82) is 0 Å². The number of carbonyl (C=O) groups is 1. The number of ether oxygens (including phenoxy) is 1. The van der Waals surface area contributed by atoms with Crippen LogP contribution in [0.4, 0.5) is 4.79 Å². The van der Waals surface area contributed by atoms with E-state index in [9.17, 15) is 4.79 Å². The molecule has 1 fully saturated rings. The first kappa shape index (κ1) is 15.6. The molecule has 1 aliphatic rings. The summed E-state index contributed by atoms with van der Waals surface area (Å²) in [6, 6.07) is 0.361. The molecule has 16 heavy (non-hydrogen) atoms. The SMILES string of the molecule is CC(C)C1CCCN1C(=O)OC(C)(C)C.S. The highest BCUT2D eigenvalue weighted by atomic mass is 32.1. The van der Waals surface area contributed by atoms with E-state index in [1.807, 2.05) is 25.7 Å². The number of hydrogen-bond donors (Lipinski definition) is 0. The van der Waals surface area contributed by atoms with Crippen molar-refractivity contribution >= 4 is 19.6 Å². The molecule has 0 saturated carbocycles. The fraction of sp³-hybridized carbons (Fsp3) is 0.917. The Hall–Kier alpha value is -0.380. The Morgan fingerprint density at radius 1 is 1.38 bits per heavy atom. The first-order valence-corrected chi connectivity index (χ1v) is 5.81. The van der Waals surface area contributed by atoms with E-state index in [0.717, 1.165) is 19.4 Å². The zero-order valence-electron chi connectivity index (χ0n) is 11.0. The minimum atomic E-state index is -0.388. The van der Waals surface area contributed by atoms with Crippen LogP contribution in [0.3, 0.4) is 0 Å². The van der Waals surface area contributed by atoms with Crippen molar-refractivity contribution in [3.05, 3.63) is 0 Å². The summed E-state index contributed by atoms with van der Waals surface area (Å²) in [5, 5.41) is 0. The average Bonchev–Trinajstić information content (AvgIpc) is 2.47. The summed E-state index contributed by atoms with van der Waals surface area (Å²) in [5.41, 5.74) is -0.388. The van der Waals surface area contributed by atoms with Crippen molar-refractivity contribution in [3.8, 4) is 0 Å². The van der Waals surface area contributed by atoms with Crippen LogP contribution in [0.15, 0.2) is 0 Å². The van der Waals surface area contributed by atoms with Gasteiger partial charge in [0.2, 0.25) is 0 Å². The second kappa shape index (κ2) is 5.80. The minimum absolute atomic E-state index is 0. The lowest BCUT2D eigenvalue weighted by Crippen LogP contribution is -2.41. The highest BCUT2D eigenvalue weighted by Gasteiger charge is 2.33. The molecule has 1 aliphatic heterocycles. The Morgan fingerprint density at radius 2 is 1.94 bits per heavy atom. The largest absolute Gasteiger partial charge is 0.444 e. The van der Waals surface area contributed by atoms with Crippen LogP contribution in [0, 0.1) is 5.92 Å². The zero-order valence-corrected chi connectivity index (χ0v) is 12.0. The first-order chi connectivity index (χ1) is 6.81. The van der Waals surface area contributed by atoms with Gasteiger partial charge < -0.3 is 9.64 Å². The van der Waals surface area contributed by atoms with Crippen LogP contribution in [0.5, 0.6) is 0 Å². The van der Waals surface area contributed by atoms with Crippen LogP contribution in [-0.2, 0) is 4.74 Å². The summed E-state index contributed by atoms with van der Waals surface area (Å²) in [4.78, 5) is 13.8. The molecule has 0 radical (unpaired) electrons. The number of hydrogen-bond acceptors (Lipinski definition) is 2. The van der Waals surface area contributed by atoms with Gasteiger partial charge in [-0.1, -0.05) is 13.8 Å². The Bertz CT molecular complexity index is 236. The van der Waals surface area contributed by atoms with E-state index in [2.05, 4.69) is 13.8 Å². The molecule has 0 aromatic heterocycles. The highest BCUT2D eigenvalue weighted by molar-refractivity contribution is 7.59. The maximum Gasteiger partial charge on any atom is 0.410 e. The van der Waals surface area contributed by atoms with Crippen LogP contribution in [-0.4, -0.2) is 29.2 Å². The quantitative estimate of drug-likeness (QED) is 0.712. The van der Waals surface area contributed by atoms with Gasteiger partial charge in [0.1, 0.15) is 5.60 Å². The lowest BCUT2D eigenvalue weighted by molar-refractivity contribution is 0.0190. The van der Waals surface area contributed by atoms with E-state index in [1.165, 1.54) is 0 Å². The van der Waals surface area contributed by atoms with Crippen LogP contribution in [0.25, 0.3) is 0 Å². The molecule has 0 aromatic carbocycles. The molecular weight excluding hydrogens is 222 g/mol. The maximum atomic E-state index is 11.9. The van der Waals surface area contributed by atoms with E-state index in [-0.39, 0.29) is 25.2 Å². The normalized spacial score (nSPS) is 20.9. The van der Waals surface area contributed by atoms with Gasteiger partial charge in [0, 0.05) is 12.6 Å². The summed E-state index contributed by atoms with van der Waals surface area (Å²) in [6.45, 7) is 10.9. The topological polar surface area (TPSA) is 29.5 Å². The van der Waals surface area contributed by atoms with Gasteiger partial charge in [0.25, 0.3) is 0 Å². The van der Waals surface area contributed by atoms with Crippen molar-refractivity contribution < 1.29 is 9.53 Å². The van der Waals surface area contributed by atoms with Crippen LogP contribution < -0.4 is 0 Å². The molecule has 0 N–H and O–H groups in total. The van der Waals surface area contributed by atoms with Crippen molar-refractivity contribution in [2.24, 2.45) is 5.92 Å². The maximum absolute atomic E-state index is 11.9. The molecule has 1 heterocycles. The zero-order chi connectivity index (χ0) is 11.6. The third-order valence-electron chi connectivity index (χ3n) is 2.70. The van der Waals surface area contributed by atoms with E-state index >= 15 is 0 Å². The van der Waals surface area contributed by atoms with Crippen molar-refractivity contribution in [2.75, 3.05) is 6.54 Å². The molecule has 0 spiro atoms. The van der Waals surface area contributed by atoms with Crippen LogP contribution in [0.2, 0.25) is 0 Å². The molecule has 1 rings (SSSR count). The Morgan fingerprint density at radius 3 is 2.38 bits per heavy atom. The van der Waals surface area contributed by atoms with Gasteiger partial charge in [-0.05, 0) is 39.5 Å². The molecule has 4 heteroatoms. The summed E-state index contributed by atoms with van der Waals surface area (Å²) in [7, 11) is 0. The summed E-state index contributed by atoms with van der Waals surface area (Å²) in [5.74, 6) is 0.514. The number of nitrogens with zero attached hydrogens (tertiary/aromatic N) is 1. The lowest BCUT2D eigenvalue weighted by atomic mass is 10.0. The average molecular weight is 247 g/mol. The van der Waals surface area contributed by atoms with E-state index in [4.69, 9.17) is 4.74 Å². The highest BCUT2D eigenvalue weighted by Crippen LogP contribution is 2.25. The summed E-state index contributed by atoms with van der Waals surface area (Å²) in [6.07, 6.45) is 2.05. The van der Waals surface area contributed by atoms with Gasteiger partial charge in [0.05, 0.1) is 0 Å².